The number of carboxylic acid groups (broad SMARTS) is 1. The minimum Gasteiger partial charge on any atom is -0.480 e. The number of nitrogens with zero attached hydrogens (tertiary/aromatic N) is 2. The molecule has 7 nitrogen and oxygen atoms in total. The second-order valence-corrected chi connectivity index (χ2v) is 5.70. The number of rotatable bonds is 5. The summed E-state index contributed by atoms with van der Waals surface area (Å²) < 4.78 is 0. The van der Waals surface area contributed by atoms with Gasteiger partial charge in [-0.15, -0.1) is 0 Å². The fraction of sp³-hybridized carbons (Fsp3) is 0.750. The predicted molar refractivity (Wildman–Crippen MR) is 76.8 cm³/mol. The van der Waals surface area contributed by atoms with Gasteiger partial charge >= 0.3 is 12.0 Å². The van der Waals surface area contributed by atoms with Gasteiger partial charge in [0.05, 0.1) is 0 Å². The van der Waals surface area contributed by atoms with Crippen LogP contribution in [0.15, 0.2) is 0 Å². The average molecular weight is 303 g/mol. The van der Waals surface area contributed by atoms with Crippen LogP contribution < -0.4 is 5.32 Å². The maximum atomic E-state index is 12.1. The van der Waals surface area contributed by atoms with Crippen molar-refractivity contribution in [2.75, 3.05) is 38.7 Å². The molecule has 0 spiro atoms. The van der Waals surface area contributed by atoms with E-state index in [1.807, 2.05) is 6.26 Å². The van der Waals surface area contributed by atoms with Crippen molar-refractivity contribution < 1.29 is 19.5 Å². The molecule has 3 amide bonds. The molecule has 1 aliphatic rings. The Morgan fingerprint density at radius 3 is 2.75 bits per heavy atom. The van der Waals surface area contributed by atoms with Gasteiger partial charge in [0.15, 0.2) is 0 Å². The maximum absolute atomic E-state index is 12.1. The van der Waals surface area contributed by atoms with E-state index in [0.29, 0.717) is 31.7 Å². The zero-order valence-corrected chi connectivity index (χ0v) is 12.6. The molecule has 1 rings (SSSR count). The lowest BCUT2D eigenvalue weighted by atomic mass is 10.2. The lowest BCUT2D eigenvalue weighted by Gasteiger charge is -2.23. The van der Waals surface area contributed by atoms with Gasteiger partial charge in [0, 0.05) is 20.1 Å². The molecular formula is C12H21N3O4S. The smallest absolute Gasteiger partial charge is 0.326 e. The van der Waals surface area contributed by atoms with E-state index in [2.05, 4.69) is 5.32 Å². The summed E-state index contributed by atoms with van der Waals surface area (Å²) in [5.41, 5.74) is 0. The molecule has 0 aromatic heterocycles. The van der Waals surface area contributed by atoms with Crippen molar-refractivity contribution in [2.24, 2.45) is 0 Å². The highest BCUT2D eigenvalue weighted by Crippen LogP contribution is 2.05. The number of hydrogen-bond donors (Lipinski definition) is 2. The van der Waals surface area contributed by atoms with Crippen LogP contribution in [-0.4, -0.2) is 77.5 Å². The summed E-state index contributed by atoms with van der Waals surface area (Å²) in [5, 5.41) is 11.6. The van der Waals surface area contributed by atoms with Gasteiger partial charge in [0.1, 0.15) is 12.6 Å². The molecule has 1 heterocycles. The summed E-state index contributed by atoms with van der Waals surface area (Å²) in [4.78, 5) is 37.8. The van der Waals surface area contributed by atoms with Crippen LogP contribution in [-0.2, 0) is 9.59 Å². The molecule has 0 aromatic carbocycles. The van der Waals surface area contributed by atoms with Crippen molar-refractivity contribution >= 4 is 29.7 Å². The summed E-state index contributed by atoms with van der Waals surface area (Å²) in [6.07, 6.45) is 2.94. The molecule has 8 heteroatoms. The first-order chi connectivity index (χ1) is 9.45. The van der Waals surface area contributed by atoms with E-state index in [1.54, 1.807) is 11.9 Å². The molecule has 0 radical (unpaired) electrons. The summed E-state index contributed by atoms with van der Waals surface area (Å²) in [6, 6.07) is -1.40. The summed E-state index contributed by atoms with van der Waals surface area (Å²) in [6.45, 7) is 1.06. The average Bonchev–Trinajstić information content (AvgIpc) is 2.56. The first kappa shape index (κ1) is 16.6. The van der Waals surface area contributed by atoms with Crippen molar-refractivity contribution in [1.29, 1.82) is 0 Å². The van der Waals surface area contributed by atoms with Crippen molar-refractivity contribution in [3.05, 3.63) is 0 Å². The molecule has 1 atom stereocenters. The lowest BCUT2D eigenvalue weighted by molar-refractivity contribution is -0.139. The Hall–Kier alpha value is -1.44. The quantitative estimate of drug-likeness (QED) is 0.750. The fourth-order valence-electron chi connectivity index (χ4n) is 1.89. The van der Waals surface area contributed by atoms with Crippen molar-refractivity contribution in [3.63, 3.8) is 0 Å². The van der Waals surface area contributed by atoms with E-state index in [0.717, 1.165) is 0 Å². The van der Waals surface area contributed by atoms with E-state index >= 15 is 0 Å². The number of aliphatic carboxylic acids is 1. The maximum Gasteiger partial charge on any atom is 0.326 e. The van der Waals surface area contributed by atoms with Crippen LogP contribution in [0.1, 0.15) is 12.8 Å². The van der Waals surface area contributed by atoms with Crippen LogP contribution in [0.3, 0.4) is 0 Å². The van der Waals surface area contributed by atoms with Gasteiger partial charge in [0.25, 0.3) is 0 Å². The van der Waals surface area contributed by atoms with E-state index in [9.17, 15) is 14.4 Å². The van der Waals surface area contributed by atoms with Gasteiger partial charge in [-0.25, -0.2) is 9.59 Å². The number of likely N-dealkylation sites (N-methyl/N-ethyl adjacent to an activating group) is 1. The molecule has 1 saturated heterocycles. The second-order valence-electron chi connectivity index (χ2n) is 4.71. The Morgan fingerprint density at radius 1 is 1.45 bits per heavy atom. The Morgan fingerprint density at radius 2 is 2.15 bits per heavy atom. The van der Waals surface area contributed by atoms with E-state index in [1.165, 1.54) is 16.7 Å². The Bertz CT molecular complexity index is 378. The standard InChI is InChI=1S/C12H21N3O4S/c1-14-5-3-6-15(8-10(14)16)12(19)13-9(11(17)18)4-7-20-2/h9H,3-8H2,1-2H3,(H,13,19)(H,17,18)/t9-/m1/s1. The van der Waals surface area contributed by atoms with Crippen LogP contribution in [0, 0.1) is 0 Å². The number of hydrogen-bond acceptors (Lipinski definition) is 4. The fourth-order valence-corrected chi connectivity index (χ4v) is 2.36. The second kappa shape index (κ2) is 7.98. The number of thioether (sulfide) groups is 1. The number of carboxylic acids is 1. The number of nitrogens with one attached hydrogen (secondary N) is 1. The number of urea groups is 1. The minimum atomic E-state index is -1.05. The normalized spacial score (nSPS) is 17.6. The minimum absolute atomic E-state index is 0.00278. The largest absolute Gasteiger partial charge is 0.480 e. The van der Waals surface area contributed by atoms with Crippen molar-refractivity contribution in [3.8, 4) is 0 Å². The van der Waals surface area contributed by atoms with Crippen molar-refractivity contribution in [1.82, 2.24) is 15.1 Å². The Labute approximate surface area is 122 Å². The van der Waals surface area contributed by atoms with Crippen LogP contribution in [0.25, 0.3) is 0 Å². The monoisotopic (exact) mass is 303 g/mol. The van der Waals surface area contributed by atoms with Crippen LogP contribution in [0.4, 0.5) is 4.79 Å². The molecule has 0 aromatic rings. The van der Waals surface area contributed by atoms with Crippen LogP contribution in [0.2, 0.25) is 0 Å². The topological polar surface area (TPSA) is 90.0 Å². The third kappa shape index (κ3) is 4.92. The molecule has 0 saturated carbocycles. The van der Waals surface area contributed by atoms with E-state index < -0.39 is 18.0 Å². The first-order valence-electron chi connectivity index (χ1n) is 6.47. The molecule has 0 unspecified atom stereocenters. The number of carbonyl (C=O) groups excluding carboxylic acids is 2. The Balaban J connectivity index is 2.59. The van der Waals surface area contributed by atoms with Gasteiger partial charge in [-0.2, -0.15) is 11.8 Å². The first-order valence-corrected chi connectivity index (χ1v) is 7.86. The molecule has 2 N–H and O–H groups in total. The van der Waals surface area contributed by atoms with E-state index in [-0.39, 0.29) is 12.5 Å². The molecule has 20 heavy (non-hydrogen) atoms. The van der Waals surface area contributed by atoms with Crippen LogP contribution >= 0.6 is 11.8 Å². The molecular weight excluding hydrogens is 282 g/mol. The van der Waals surface area contributed by atoms with E-state index in [4.69, 9.17) is 5.11 Å². The zero-order chi connectivity index (χ0) is 15.1. The molecule has 114 valence electrons. The number of amides is 3. The molecule has 1 aliphatic heterocycles. The highest BCUT2D eigenvalue weighted by molar-refractivity contribution is 7.98. The molecule has 0 bridgehead atoms. The molecule has 0 aliphatic carbocycles. The summed E-state index contributed by atoms with van der Waals surface area (Å²) in [7, 11) is 1.70. The SMILES string of the molecule is CSCC[C@@H](NC(=O)N1CCCN(C)C(=O)C1)C(=O)O. The zero-order valence-electron chi connectivity index (χ0n) is 11.8. The van der Waals surface area contributed by atoms with Crippen LogP contribution in [0.5, 0.6) is 0 Å². The number of carbonyl (C=O) groups is 3. The van der Waals surface area contributed by atoms with Gasteiger partial charge in [-0.3, -0.25) is 4.79 Å². The third-order valence-corrected chi connectivity index (χ3v) is 3.81. The van der Waals surface area contributed by atoms with Gasteiger partial charge in [-0.1, -0.05) is 0 Å². The summed E-state index contributed by atoms with van der Waals surface area (Å²) in [5.74, 6) is -0.529. The third-order valence-electron chi connectivity index (χ3n) is 3.17. The van der Waals surface area contributed by atoms with Gasteiger partial charge in [0.2, 0.25) is 5.91 Å². The predicted octanol–water partition coefficient (Wildman–Crippen LogP) is 0.0664. The highest BCUT2D eigenvalue weighted by atomic mass is 32.2. The van der Waals surface area contributed by atoms with Gasteiger partial charge in [-0.05, 0) is 24.9 Å². The van der Waals surface area contributed by atoms with Crippen molar-refractivity contribution in [2.45, 2.75) is 18.9 Å². The van der Waals surface area contributed by atoms with Gasteiger partial charge < -0.3 is 20.2 Å². The molecule has 1 fully saturated rings. The summed E-state index contributed by atoms with van der Waals surface area (Å²) >= 11 is 1.53. The lowest BCUT2D eigenvalue weighted by Crippen LogP contribution is -2.49. The highest BCUT2D eigenvalue weighted by Gasteiger charge is 2.26. The Kier molecular flexibility index (Phi) is 6.63.